The maximum Gasteiger partial charge on any atom is 0.0803 e. The summed E-state index contributed by atoms with van der Waals surface area (Å²) in [4.78, 5) is 4.28. The van der Waals surface area contributed by atoms with Gasteiger partial charge in [0.1, 0.15) is 0 Å². The van der Waals surface area contributed by atoms with Crippen LogP contribution in [0.3, 0.4) is 0 Å². The predicted octanol–water partition coefficient (Wildman–Crippen LogP) is 4.80. The van der Waals surface area contributed by atoms with Gasteiger partial charge in [0.05, 0.1) is 28.4 Å². The smallest absolute Gasteiger partial charge is 0.0803 e. The van der Waals surface area contributed by atoms with Crippen molar-refractivity contribution >= 4 is 28.9 Å². The number of ether oxygens (including phenoxy) is 1. The molecule has 4 N–H and O–H groups in total. The summed E-state index contributed by atoms with van der Waals surface area (Å²) >= 11 is 12.0. The van der Waals surface area contributed by atoms with E-state index >= 15 is 0 Å². The van der Waals surface area contributed by atoms with E-state index in [-0.39, 0.29) is 0 Å². The summed E-state index contributed by atoms with van der Waals surface area (Å²) < 4.78 is 5.67. The van der Waals surface area contributed by atoms with E-state index in [0.29, 0.717) is 27.7 Å². The van der Waals surface area contributed by atoms with Crippen molar-refractivity contribution in [2.75, 3.05) is 32.0 Å². The Morgan fingerprint density at radius 1 is 1.03 bits per heavy atom. The topological polar surface area (TPSA) is 80.4 Å². The lowest BCUT2D eigenvalue weighted by Gasteiger charge is -2.13. The number of pyridine rings is 1. The molecule has 5 nitrogen and oxygen atoms in total. The maximum absolute atomic E-state index is 10.3. The summed E-state index contributed by atoms with van der Waals surface area (Å²) in [5, 5.41) is 14.4. The number of nitrogens with zero attached hydrogens (tertiary/aromatic N) is 1. The van der Waals surface area contributed by atoms with Crippen molar-refractivity contribution in [1.82, 2.24) is 10.3 Å². The highest BCUT2D eigenvalue weighted by Crippen LogP contribution is 2.31. The zero-order chi connectivity index (χ0) is 20.9. The lowest BCUT2D eigenvalue weighted by Crippen LogP contribution is -2.19. The molecule has 0 aliphatic carbocycles. The van der Waals surface area contributed by atoms with Crippen molar-refractivity contribution in [3.63, 3.8) is 0 Å². The monoisotopic (exact) mass is 439 g/mol. The number of aromatic nitrogens is 1. The fraction of sp³-hybridized carbons (Fsp3) is 0.500. The zero-order valence-electron chi connectivity index (χ0n) is 16.7. The number of aliphatic hydroxyl groups is 1. The Morgan fingerprint density at radius 3 is 2.52 bits per heavy atom. The summed E-state index contributed by atoms with van der Waals surface area (Å²) in [5.41, 5.74) is 7.84. The van der Waals surface area contributed by atoms with Crippen LogP contribution in [0.5, 0.6) is 0 Å². The lowest BCUT2D eigenvalue weighted by molar-refractivity contribution is 0.132. The normalized spacial score (nSPS) is 12.2. The number of hydrogen-bond acceptors (Lipinski definition) is 5. The molecule has 0 radical (unpaired) electrons. The largest absolute Gasteiger partial charge is 0.396 e. The van der Waals surface area contributed by atoms with Crippen LogP contribution >= 0.6 is 23.2 Å². The van der Waals surface area contributed by atoms with Crippen LogP contribution in [-0.4, -0.2) is 36.4 Å². The Hall–Kier alpha value is -1.37. The first-order valence-corrected chi connectivity index (χ1v) is 10.9. The summed E-state index contributed by atoms with van der Waals surface area (Å²) in [7, 11) is 0. The third-order valence-corrected chi connectivity index (χ3v) is 5.33. The van der Waals surface area contributed by atoms with E-state index in [2.05, 4.69) is 10.3 Å². The van der Waals surface area contributed by atoms with E-state index < -0.39 is 6.10 Å². The average Bonchev–Trinajstić information content (AvgIpc) is 2.73. The molecule has 0 aliphatic rings. The number of anilines is 1. The van der Waals surface area contributed by atoms with Crippen molar-refractivity contribution in [1.29, 1.82) is 0 Å². The number of nitrogens with two attached hydrogens (primary N) is 1. The number of hydrogen-bond donors (Lipinski definition) is 3. The van der Waals surface area contributed by atoms with Crippen LogP contribution in [-0.2, 0) is 11.2 Å². The molecule has 0 saturated heterocycles. The number of benzene rings is 1. The Morgan fingerprint density at radius 2 is 1.79 bits per heavy atom. The SMILES string of the molecule is Nc1c(Cl)cc([C@H](O)CCNCCCCCCOCCc2ccccn2)cc1Cl. The van der Waals surface area contributed by atoms with Crippen molar-refractivity contribution < 1.29 is 9.84 Å². The van der Waals surface area contributed by atoms with Gasteiger partial charge in [-0.1, -0.05) is 42.1 Å². The number of unbranched alkanes of at least 4 members (excludes halogenated alkanes) is 3. The van der Waals surface area contributed by atoms with Crippen LogP contribution in [0.15, 0.2) is 36.5 Å². The highest BCUT2D eigenvalue weighted by Gasteiger charge is 2.11. The van der Waals surface area contributed by atoms with E-state index in [1.807, 2.05) is 24.4 Å². The summed E-state index contributed by atoms with van der Waals surface area (Å²) in [5.74, 6) is 0. The summed E-state index contributed by atoms with van der Waals surface area (Å²) in [6.07, 6.45) is 7.20. The molecule has 7 heteroatoms. The molecular weight excluding hydrogens is 409 g/mol. The molecule has 2 aromatic rings. The van der Waals surface area contributed by atoms with Gasteiger partial charge in [0.25, 0.3) is 0 Å². The van der Waals surface area contributed by atoms with E-state index in [9.17, 15) is 5.11 Å². The molecule has 160 valence electrons. The van der Waals surface area contributed by atoms with Crippen molar-refractivity contribution in [3.05, 3.63) is 57.8 Å². The Bertz CT molecular complexity index is 693. The lowest BCUT2D eigenvalue weighted by atomic mass is 10.1. The van der Waals surface area contributed by atoms with Gasteiger partial charge in [0.2, 0.25) is 0 Å². The minimum absolute atomic E-state index is 0.348. The predicted molar refractivity (Wildman–Crippen MR) is 121 cm³/mol. The summed E-state index contributed by atoms with van der Waals surface area (Å²) in [6.45, 7) is 3.21. The number of halogens is 2. The molecule has 0 saturated carbocycles. The van der Waals surface area contributed by atoms with Crippen LogP contribution in [0.25, 0.3) is 0 Å². The van der Waals surface area contributed by atoms with Crippen LogP contribution in [0.1, 0.15) is 49.5 Å². The van der Waals surface area contributed by atoms with Gasteiger partial charge in [-0.25, -0.2) is 0 Å². The number of aliphatic hydroxyl groups excluding tert-OH is 1. The molecule has 0 spiro atoms. The van der Waals surface area contributed by atoms with Crippen molar-refractivity contribution in [3.8, 4) is 0 Å². The third-order valence-electron chi connectivity index (χ3n) is 4.70. The van der Waals surface area contributed by atoms with E-state index in [4.69, 9.17) is 33.7 Å². The highest BCUT2D eigenvalue weighted by molar-refractivity contribution is 6.38. The van der Waals surface area contributed by atoms with Gasteiger partial charge < -0.3 is 20.9 Å². The molecule has 0 aliphatic heterocycles. The molecule has 1 atom stereocenters. The molecule has 0 fully saturated rings. The quantitative estimate of drug-likeness (QED) is 0.290. The Kier molecular flexibility index (Phi) is 11.4. The van der Waals surface area contributed by atoms with Gasteiger partial charge in [0, 0.05) is 24.9 Å². The van der Waals surface area contributed by atoms with Crippen LogP contribution in [0.4, 0.5) is 5.69 Å². The first-order chi connectivity index (χ1) is 14.1. The van der Waals surface area contributed by atoms with E-state index in [0.717, 1.165) is 57.7 Å². The minimum Gasteiger partial charge on any atom is -0.396 e. The summed E-state index contributed by atoms with van der Waals surface area (Å²) in [6, 6.07) is 9.29. The fourth-order valence-corrected chi connectivity index (χ4v) is 3.46. The van der Waals surface area contributed by atoms with Crippen molar-refractivity contribution in [2.45, 2.75) is 44.6 Å². The minimum atomic E-state index is -0.610. The second-order valence-electron chi connectivity index (χ2n) is 7.05. The van der Waals surface area contributed by atoms with Gasteiger partial charge in [-0.2, -0.15) is 0 Å². The molecule has 1 aromatic heterocycles. The molecular formula is C22H31Cl2N3O2. The van der Waals surface area contributed by atoms with Crippen molar-refractivity contribution in [2.24, 2.45) is 0 Å². The van der Waals surface area contributed by atoms with E-state index in [1.165, 1.54) is 6.42 Å². The van der Waals surface area contributed by atoms with Gasteiger partial charge in [0.15, 0.2) is 0 Å². The molecule has 0 amide bonds. The molecule has 1 heterocycles. The second kappa shape index (κ2) is 13.8. The molecule has 0 unspecified atom stereocenters. The van der Waals surface area contributed by atoms with Crippen LogP contribution in [0.2, 0.25) is 10.0 Å². The van der Waals surface area contributed by atoms with Gasteiger partial charge in [-0.05, 0) is 62.2 Å². The fourth-order valence-electron chi connectivity index (χ4n) is 2.96. The second-order valence-corrected chi connectivity index (χ2v) is 7.86. The zero-order valence-corrected chi connectivity index (χ0v) is 18.3. The van der Waals surface area contributed by atoms with Crippen LogP contribution < -0.4 is 11.1 Å². The first kappa shape index (κ1) is 23.9. The first-order valence-electron chi connectivity index (χ1n) is 10.2. The van der Waals surface area contributed by atoms with E-state index in [1.54, 1.807) is 12.1 Å². The molecule has 0 bridgehead atoms. The van der Waals surface area contributed by atoms with Gasteiger partial charge >= 0.3 is 0 Å². The van der Waals surface area contributed by atoms with Crippen LogP contribution in [0, 0.1) is 0 Å². The molecule has 1 aromatic carbocycles. The van der Waals surface area contributed by atoms with Gasteiger partial charge in [-0.3, -0.25) is 4.98 Å². The third kappa shape index (κ3) is 9.32. The Labute approximate surface area is 183 Å². The Balaban J connectivity index is 1.42. The van der Waals surface area contributed by atoms with Gasteiger partial charge in [-0.15, -0.1) is 0 Å². The number of rotatable bonds is 14. The number of nitrogen functional groups attached to an aromatic ring is 1. The maximum atomic E-state index is 10.3. The molecule has 29 heavy (non-hydrogen) atoms. The standard InChI is InChI=1S/C22H31Cl2N3O2/c23-19-15-17(16-20(24)22(19)25)21(28)8-12-26-10-4-1-2-6-13-29-14-9-18-7-3-5-11-27-18/h3,5,7,11,15-16,21,26,28H,1-2,4,6,8-10,12-14,25H2/t21-/m1/s1. The number of nitrogens with one attached hydrogen (secondary N) is 1. The average molecular weight is 440 g/mol. The molecule has 2 rings (SSSR count). The highest BCUT2D eigenvalue weighted by atomic mass is 35.5.